The third kappa shape index (κ3) is 3.62. The van der Waals surface area contributed by atoms with E-state index in [1.807, 2.05) is 24.3 Å². The maximum atomic E-state index is 12.2. The lowest BCUT2D eigenvalue weighted by molar-refractivity contribution is -0.113. The molecule has 1 heterocycles. The zero-order valence-corrected chi connectivity index (χ0v) is 14.1. The minimum atomic E-state index is -0.146. The summed E-state index contributed by atoms with van der Waals surface area (Å²) in [4.78, 5) is 19.8. The molecule has 1 amide bonds. The summed E-state index contributed by atoms with van der Waals surface area (Å²) in [5.74, 6) is 1.32. The number of aromatic nitrogens is 2. The van der Waals surface area contributed by atoms with E-state index in [2.05, 4.69) is 15.3 Å². The number of aromatic amines is 1. The van der Waals surface area contributed by atoms with Gasteiger partial charge in [0.25, 0.3) is 0 Å². The Labute approximate surface area is 143 Å². The van der Waals surface area contributed by atoms with Gasteiger partial charge in [0.15, 0.2) is 5.16 Å². The number of hydrogen-bond acceptors (Lipinski definition) is 5. The van der Waals surface area contributed by atoms with Crippen molar-refractivity contribution >= 4 is 34.4 Å². The SMILES string of the molecule is COc1ccc(OC)c(NC(=O)CSc2nc3ccccc3[nH]2)c1. The highest BCUT2D eigenvalue weighted by Gasteiger charge is 2.11. The van der Waals surface area contributed by atoms with E-state index in [4.69, 9.17) is 9.47 Å². The number of hydrogen-bond donors (Lipinski definition) is 2. The molecule has 0 radical (unpaired) electrons. The van der Waals surface area contributed by atoms with Crippen molar-refractivity contribution < 1.29 is 14.3 Å². The lowest BCUT2D eigenvalue weighted by atomic mass is 10.2. The molecule has 124 valence electrons. The number of ether oxygens (including phenoxy) is 2. The second kappa shape index (κ2) is 7.27. The first-order valence-corrected chi connectivity index (χ1v) is 8.27. The van der Waals surface area contributed by atoms with Crippen LogP contribution in [0, 0.1) is 0 Å². The number of nitrogens with one attached hydrogen (secondary N) is 2. The summed E-state index contributed by atoms with van der Waals surface area (Å²) in [6.45, 7) is 0. The molecular weight excluding hydrogens is 326 g/mol. The van der Waals surface area contributed by atoms with Crippen LogP contribution >= 0.6 is 11.8 Å². The lowest BCUT2D eigenvalue weighted by Gasteiger charge is -2.11. The average molecular weight is 343 g/mol. The Hall–Kier alpha value is -2.67. The molecule has 0 aliphatic carbocycles. The number of imidazole rings is 1. The third-order valence-corrected chi connectivity index (χ3v) is 4.26. The van der Waals surface area contributed by atoms with Crippen LogP contribution in [0.3, 0.4) is 0 Å². The summed E-state index contributed by atoms with van der Waals surface area (Å²) < 4.78 is 10.4. The predicted octanol–water partition coefficient (Wildman–Crippen LogP) is 3.31. The number of rotatable bonds is 6. The van der Waals surface area contributed by atoms with Gasteiger partial charge in [0.05, 0.1) is 36.7 Å². The van der Waals surface area contributed by atoms with Gasteiger partial charge in [0.1, 0.15) is 11.5 Å². The van der Waals surface area contributed by atoms with Crippen LogP contribution in [-0.2, 0) is 4.79 Å². The van der Waals surface area contributed by atoms with Crippen molar-refractivity contribution in [3.63, 3.8) is 0 Å². The van der Waals surface area contributed by atoms with Crippen molar-refractivity contribution in [3.8, 4) is 11.5 Å². The molecule has 6 nitrogen and oxygen atoms in total. The molecule has 0 saturated heterocycles. The normalized spacial score (nSPS) is 10.6. The number of thioether (sulfide) groups is 1. The van der Waals surface area contributed by atoms with Gasteiger partial charge in [0, 0.05) is 6.07 Å². The first-order chi connectivity index (χ1) is 11.7. The van der Waals surface area contributed by atoms with Crippen LogP contribution in [0.15, 0.2) is 47.6 Å². The fourth-order valence-corrected chi connectivity index (χ4v) is 2.91. The minimum Gasteiger partial charge on any atom is -0.497 e. The predicted molar refractivity (Wildman–Crippen MR) is 95.0 cm³/mol. The minimum absolute atomic E-state index is 0.146. The van der Waals surface area contributed by atoms with Crippen molar-refractivity contribution in [2.24, 2.45) is 0 Å². The Balaban J connectivity index is 1.65. The average Bonchev–Trinajstić information content (AvgIpc) is 3.03. The molecule has 0 aliphatic rings. The first kappa shape index (κ1) is 16.2. The fraction of sp³-hybridized carbons (Fsp3) is 0.176. The topological polar surface area (TPSA) is 76.2 Å². The van der Waals surface area contributed by atoms with Crippen LogP contribution in [0.1, 0.15) is 0 Å². The van der Waals surface area contributed by atoms with Crippen LogP contribution in [0.5, 0.6) is 11.5 Å². The molecule has 0 atom stereocenters. The van der Waals surface area contributed by atoms with Crippen molar-refractivity contribution in [2.45, 2.75) is 5.16 Å². The fourth-order valence-electron chi connectivity index (χ4n) is 2.23. The van der Waals surface area contributed by atoms with Crippen LogP contribution in [0.4, 0.5) is 5.69 Å². The van der Waals surface area contributed by atoms with Crippen LogP contribution in [0.2, 0.25) is 0 Å². The summed E-state index contributed by atoms with van der Waals surface area (Å²) in [6, 6.07) is 13.0. The molecule has 1 aromatic heterocycles. The molecule has 0 saturated carbocycles. The van der Waals surface area contributed by atoms with Gasteiger partial charge < -0.3 is 19.8 Å². The number of benzene rings is 2. The van der Waals surface area contributed by atoms with E-state index in [-0.39, 0.29) is 11.7 Å². The summed E-state index contributed by atoms with van der Waals surface area (Å²) >= 11 is 1.35. The Morgan fingerprint density at radius 2 is 2.04 bits per heavy atom. The summed E-state index contributed by atoms with van der Waals surface area (Å²) in [6.07, 6.45) is 0. The number of anilines is 1. The van der Waals surface area contributed by atoms with Gasteiger partial charge in [0.2, 0.25) is 5.91 Å². The second-order valence-corrected chi connectivity index (χ2v) is 5.93. The standard InChI is InChI=1S/C17H17N3O3S/c1-22-11-7-8-15(23-2)14(9-11)18-16(21)10-24-17-19-12-5-3-4-6-13(12)20-17/h3-9H,10H2,1-2H3,(H,18,21)(H,19,20). The number of methoxy groups -OCH3 is 2. The van der Waals surface area contributed by atoms with Crippen LogP contribution in [0.25, 0.3) is 11.0 Å². The molecule has 7 heteroatoms. The molecule has 3 aromatic rings. The number of nitrogens with zero attached hydrogens (tertiary/aromatic N) is 1. The molecule has 3 rings (SSSR count). The molecule has 2 N–H and O–H groups in total. The van der Waals surface area contributed by atoms with Gasteiger partial charge in [-0.2, -0.15) is 0 Å². The summed E-state index contributed by atoms with van der Waals surface area (Å²) in [7, 11) is 3.13. The van der Waals surface area contributed by atoms with Gasteiger partial charge in [-0.15, -0.1) is 0 Å². The Bertz CT molecular complexity index is 830. The highest BCUT2D eigenvalue weighted by atomic mass is 32.2. The number of para-hydroxylation sites is 2. The molecule has 0 aliphatic heterocycles. The largest absolute Gasteiger partial charge is 0.497 e. The maximum Gasteiger partial charge on any atom is 0.234 e. The quantitative estimate of drug-likeness (QED) is 0.672. The highest BCUT2D eigenvalue weighted by molar-refractivity contribution is 7.99. The van der Waals surface area contributed by atoms with E-state index in [1.165, 1.54) is 11.8 Å². The molecule has 0 spiro atoms. The number of carbonyl (C=O) groups is 1. The van der Waals surface area contributed by atoms with Gasteiger partial charge in [-0.1, -0.05) is 23.9 Å². The molecule has 24 heavy (non-hydrogen) atoms. The van der Waals surface area contributed by atoms with Crippen molar-refractivity contribution in [2.75, 3.05) is 25.3 Å². The van der Waals surface area contributed by atoms with Crippen molar-refractivity contribution in [1.29, 1.82) is 0 Å². The molecule has 0 bridgehead atoms. The van der Waals surface area contributed by atoms with Crippen molar-refractivity contribution in [1.82, 2.24) is 9.97 Å². The summed E-state index contributed by atoms with van der Waals surface area (Å²) in [5.41, 5.74) is 2.41. The Morgan fingerprint density at radius 3 is 2.79 bits per heavy atom. The van der Waals surface area contributed by atoms with E-state index in [1.54, 1.807) is 32.4 Å². The van der Waals surface area contributed by atoms with Gasteiger partial charge in [-0.25, -0.2) is 4.98 Å². The Kier molecular flexibility index (Phi) is 4.90. The van der Waals surface area contributed by atoms with Gasteiger partial charge in [-0.3, -0.25) is 4.79 Å². The molecule has 2 aromatic carbocycles. The number of amides is 1. The van der Waals surface area contributed by atoms with E-state index in [9.17, 15) is 4.79 Å². The molecular formula is C17H17N3O3S. The number of carbonyl (C=O) groups excluding carboxylic acids is 1. The second-order valence-electron chi connectivity index (χ2n) is 4.96. The molecule has 0 unspecified atom stereocenters. The molecule has 0 fully saturated rings. The van der Waals surface area contributed by atoms with Gasteiger partial charge in [-0.05, 0) is 24.3 Å². The zero-order valence-electron chi connectivity index (χ0n) is 13.3. The maximum absolute atomic E-state index is 12.2. The lowest BCUT2D eigenvalue weighted by Crippen LogP contribution is -2.14. The van der Waals surface area contributed by atoms with E-state index in [0.717, 1.165) is 11.0 Å². The van der Waals surface area contributed by atoms with Crippen molar-refractivity contribution in [3.05, 3.63) is 42.5 Å². The highest BCUT2D eigenvalue weighted by Crippen LogP contribution is 2.29. The van der Waals surface area contributed by atoms with Crippen LogP contribution < -0.4 is 14.8 Å². The Morgan fingerprint density at radius 1 is 1.21 bits per heavy atom. The third-order valence-electron chi connectivity index (χ3n) is 3.39. The number of fused-ring (bicyclic) bond motifs is 1. The van der Waals surface area contributed by atoms with Crippen LogP contribution in [-0.4, -0.2) is 35.8 Å². The first-order valence-electron chi connectivity index (χ1n) is 7.29. The van der Waals surface area contributed by atoms with E-state index < -0.39 is 0 Å². The zero-order chi connectivity index (χ0) is 16.9. The van der Waals surface area contributed by atoms with Gasteiger partial charge >= 0.3 is 0 Å². The number of H-pyrrole nitrogens is 1. The van der Waals surface area contributed by atoms with E-state index in [0.29, 0.717) is 22.3 Å². The smallest absolute Gasteiger partial charge is 0.234 e. The monoisotopic (exact) mass is 343 g/mol. The van der Waals surface area contributed by atoms with E-state index >= 15 is 0 Å². The summed E-state index contributed by atoms with van der Waals surface area (Å²) in [5, 5.41) is 3.55.